The maximum absolute atomic E-state index is 6.26. The minimum atomic E-state index is 0.208. The molecule has 3 aromatic rings. The van der Waals surface area contributed by atoms with Crippen LogP contribution >= 0.6 is 34.8 Å². The van der Waals surface area contributed by atoms with Crippen molar-refractivity contribution in [3.05, 3.63) is 104 Å². The summed E-state index contributed by atoms with van der Waals surface area (Å²) in [5.74, 6) is 0.208. The number of fused-ring (bicyclic) bond motifs is 7. The van der Waals surface area contributed by atoms with Crippen LogP contribution in [0, 0.1) is 3.57 Å². The van der Waals surface area contributed by atoms with Crippen molar-refractivity contribution in [2.45, 2.75) is 31.0 Å². The quantitative estimate of drug-likeness (QED) is 0.292. The molecular weight excluding hydrogens is 499 g/mol. The minimum absolute atomic E-state index is 0.208. The Kier molecular flexibility index (Phi) is 4.70. The number of thiocarbonyl (C=S) groups is 1. The smallest absolute Gasteiger partial charge is 0.109 e. The van der Waals surface area contributed by atoms with Gasteiger partial charge in [-0.25, -0.2) is 0 Å². The molecule has 4 heteroatoms. The predicted octanol–water partition coefficient (Wildman–Crippen LogP) is 5.87. The Bertz CT molecular complexity index is 1130. The average molecular weight is 522 g/mol. The zero-order chi connectivity index (χ0) is 20.2. The van der Waals surface area contributed by atoms with E-state index in [-0.39, 0.29) is 18.1 Å². The van der Waals surface area contributed by atoms with Crippen molar-refractivity contribution in [3.8, 4) is 0 Å². The van der Waals surface area contributed by atoms with Crippen LogP contribution in [0.1, 0.15) is 45.9 Å². The lowest BCUT2D eigenvalue weighted by atomic mass is 9.77. The molecule has 0 saturated carbocycles. The van der Waals surface area contributed by atoms with E-state index >= 15 is 0 Å². The normalized spacial score (nSPS) is 25.2. The Morgan fingerprint density at radius 2 is 1.40 bits per heavy atom. The van der Waals surface area contributed by atoms with Crippen LogP contribution in [0.4, 0.5) is 0 Å². The van der Waals surface area contributed by atoms with E-state index in [4.69, 9.17) is 12.2 Å². The fourth-order valence-electron chi connectivity index (χ4n) is 5.71. The molecule has 2 nitrogen and oxygen atoms in total. The molecule has 1 fully saturated rings. The summed E-state index contributed by atoms with van der Waals surface area (Å²) in [4.78, 5) is 6.36. The Labute approximate surface area is 197 Å². The Morgan fingerprint density at radius 3 is 2.17 bits per heavy atom. The largest absolute Gasteiger partial charge is 0.345 e. The fraction of sp³-hybridized carbons (Fsp3) is 0.269. The number of nitrogens with zero attached hydrogens (tertiary/aromatic N) is 2. The first-order chi connectivity index (χ1) is 14.7. The van der Waals surface area contributed by atoms with E-state index in [1.807, 2.05) is 0 Å². The Balaban J connectivity index is 1.55. The van der Waals surface area contributed by atoms with Crippen molar-refractivity contribution in [2.75, 3.05) is 13.1 Å². The number of hydrogen-bond acceptors (Lipinski definition) is 2. The molecule has 0 bridgehead atoms. The van der Waals surface area contributed by atoms with Gasteiger partial charge in [-0.1, -0.05) is 72.9 Å². The number of halogens is 1. The summed E-state index contributed by atoms with van der Waals surface area (Å²) in [6.45, 7) is 2.08. The first kappa shape index (κ1) is 19.0. The second-order valence-electron chi connectivity index (χ2n) is 8.51. The Morgan fingerprint density at radius 1 is 0.767 bits per heavy atom. The second kappa shape index (κ2) is 7.43. The van der Waals surface area contributed by atoms with Gasteiger partial charge in [-0.15, -0.1) is 0 Å². The van der Waals surface area contributed by atoms with Crippen LogP contribution in [0.2, 0.25) is 0 Å². The molecule has 3 atom stereocenters. The van der Waals surface area contributed by atoms with E-state index in [9.17, 15) is 0 Å². The molecule has 3 aliphatic rings. The van der Waals surface area contributed by atoms with E-state index in [1.165, 1.54) is 31.4 Å². The van der Waals surface area contributed by atoms with Gasteiger partial charge in [0.15, 0.2) is 0 Å². The molecule has 1 saturated heterocycles. The lowest BCUT2D eigenvalue weighted by Crippen LogP contribution is -2.58. The Hall–Kier alpha value is -1.76. The molecule has 0 spiro atoms. The molecular formula is C26H23IN2S. The van der Waals surface area contributed by atoms with Gasteiger partial charge in [0.05, 0.1) is 16.9 Å². The average Bonchev–Trinajstić information content (AvgIpc) is 2.79. The van der Waals surface area contributed by atoms with Crippen LogP contribution in [0.3, 0.4) is 0 Å². The van der Waals surface area contributed by atoms with Crippen LogP contribution in [-0.2, 0) is 12.8 Å². The molecule has 3 aliphatic heterocycles. The van der Waals surface area contributed by atoms with Crippen LogP contribution in [-0.4, -0.2) is 27.9 Å². The lowest BCUT2D eigenvalue weighted by molar-refractivity contribution is 0.00638. The minimum Gasteiger partial charge on any atom is -0.345 e. The zero-order valence-electron chi connectivity index (χ0n) is 16.7. The highest BCUT2D eigenvalue weighted by Gasteiger charge is 2.49. The van der Waals surface area contributed by atoms with Crippen molar-refractivity contribution in [3.63, 3.8) is 0 Å². The summed E-state index contributed by atoms with van der Waals surface area (Å²) < 4.78 is 1.27. The first-order valence-electron chi connectivity index (χ1n) is 10.7. The van der Waals surface area contributed by atoms with Crippen LogP contribution in [0.5, 0.6) is 0 Å². The van der Waals surface area contributed by atoms with Gasteiger partial charge in [0.25, 0.3) is 0 Å². The van der Waals surface area contributed by atoms with Crippen molar-refractivity contribution >= 4 is 39.8 Å². The van der Waals surface area contributed by atoms with Crippen molar-refractivity contribution in [2.24, 2.45) is 0 Å². The number of rotatable bonds is 1. The van der Waals surface area contributed by atoms with Crippen molar-refractivity contribution < 1.29 is 0 Å². The molecule has 0 unspecified atom stereocenters. The van der Waals surface area contributed by atoms with Gasteiger partial charge in [0.1, 0.15) is 6.17 Å². The van der Waals surface area contributed by atoms with Crippen LogP contribution in [0.25, 0.3) is 0 Å². The topological polar surface area (TPSA) is 6.48 Å². The fourth-order valence-corrected chi connectivity index (χ4v) is 6.52. The van der Waals surface area contributed by atoms with E-state index < -0.39 is 0 Å². The highest BCUT2D eigenvalue weighted by molar-refractivity contribution is 14.1. The molecule has 3 heterocycles. The monoisotopic (exact) mass is 522 g/mol. The molecule has 0 radical (unpaired) electrons. The molecule has 0 amide bonds. The van der Waals surface area contributed by atoms with Crippen molar-refractivity contribution in [1.82, 2.24) is 9.80 Å². The van der Waals surface area contributed by atoms with E-state index in [2.05, 4.69) is 105 Å². The van der Waals surface area contributed by atoms with E-state index in [0.717, 1.165) is 30.9 Å². The van der Waals surface area contributed by atoms with Gasteiger partial charge >= 0.3 is 0 Å². The summed E-state index contributed by atoms with van der Waals surface area (Å²) in [6.07, 6.45) is 2.42. The summed E-state index contributed by atoms with van der Waals surface area (Å²) in [5, 5.41) is 0. The summed E-state index contributed by atoms with van der Waals surface area (Å²) in [7, 11) is 0. The van der Waals surface area contributed by atoms with E-state index in [0.29, 0.717) is 0 Å². The summed E-state index contributed by atoms with van der Waals surface area (Å²) in [5.41, 5.74) is 7.19. The second-order valence-corrected chi connectivity index (χ2v) is 10.2. The highest BCUT2D eigenvalue weighted by Crippen LogP contribution is 2.52. The predicted molar refractivity (Wildman–Crippen MR) is 134 cm³/mol. The number of benzene rings is 3. The molecule has 30 heavy (non-hydrogen) atoms. The molecule has 0 aromatic heterocycles. The van der Waals surface area contributed by atoms with Gasteiger partial charge in [-0.05, 0) is 75.4 Å². The summed E-state index contributed by atoms with van der Waals surface area (Å²) >= 11 is 8.65. The van der Waals surface area contributed by atoms with Gasteiger partial charge < -0.3 is 4.90 Å². The van der Waals surface area contributed by atoms with Crippen molar-refractivity contribution in [1.29, 1.82) is 0 Å². The molecule has 6 rings (SSSR count). The summed E-state index contributed by atoms with van der Waals surface area (Å²) in [6, 6.07) is 27.3. The van der Waals surface area contributed by atoms with Crippen LogP contribution < -0.4 is 0 Å². The van der Waals surface area contributed by atoms with Crippen LogP contribution in [0.15, 0.2) is 72.8 Å². The third kappa shape index (κ3) is 2.88. The maximum atomic E-state index is 6.26. The molecule has 0 aliphatic carbocycles. The molecule has 0 N–H and O–H groups in total. The van der Waals surface area contributed by atoms with Gasteiger partial charge in [0, 0.05) is 16.7 Å². The third-order valence-corrected chi connectivity index (χ3v) is 8.24. The molecule has 150 valence electrons. The highest BCUT2D eigenvalue weighted by atomic mass is 127. The maximum Gasteiger partial charge on any atom is 0.109 e. The zero-order valence-corrected chi connectivity index (χ0v) is 19.6. The first-order valence-corrected chi connectivity index (χ1v) is 12.2. The molecule has 3 aromatic carbocycles. The standard InChI is InChI=1S/C26H23IN2S/c27-20-11-9-19(10-12-20)23-24-21-7-3-1-5-17(21)13-15-28(24)25-22-8-4-2-6-18(22)14-16-29(25)26(23)30/h1-12,23-25H,13-16H2/t23-,24-,25-/m0/s1. The number of hydrogen-bond donors (Lipinski definition) is 0. The van der Waals surface area contributed by atoms with Gasteiger partial charge in [-0.2, -0.15) is 0 Å². The van der Waals surface area contributed by atoms with E-state index in [1.54, 1.807) is 0 Å². The van der Waals surface area contributed by atoms with Gasteiger partial charge in [0.2, 0.25) is 0 Å². The SMILES string of the molecule is S=C1[C@@H](c2ccc(I)cc2)[C@@H]2c3ccccc3CCN2[C@@H]2c3ccccc3CCN12. The third-order valence-electron chi connectivity index (χ3n) is 7.03. The lowest BCUT2D eigenvalue weighted by Gasteiger charge is -2.57. The van der Waals surface area contributed by atoms with Gasteiger partial charge in [-0.3, -0.25) is 4.90 Å².